The maximum atomic E-state index is 12.9. The number of likely N-dealkylation sites (tertiary alicyclic amines) is 1. The van der Waals surface area contributed by atoms with Crippen molar-refractivity contribution >= 4 is 18.2 Å². The summed E-state index contributed by atoms with van der Waals surface area (Å²) in [6.45, 7) is 1.40. The van der Waals surface area contributed by atoms with Gasteiger partial charge in [0.2, 0.25) is 5.91 Å². The molecule has 0 aromatic heterocycles. The molecule has 168 valence electrons. The highest BCUT2D eigenvalue weighted by atomic mass is 16.7. The molecule has 1 aliphatic carbocycles. The molecule has 3 atom stereocenters. The standard InChI is InChI=1S/C21H26N2O8/c24-18-15(22-19(25)28-13-14-4-2-1-3-5-14)7-9-23(18)16-6-8-21(29-10-11-30-21)12-17(16)31-20(26)27/h1-5,15-17H,6-13H2,(H,22,25)(H,26,27)/t15-,16-,17+/m0/s1. The number of hydrogen-bond acceptors (Lipinski definition) is 7. The lowest BCUT2D eigenvalue weighted by atomic mass is 9.86. The number of nitrogens with zero attached hydrogens (tertiary/aromatic N) is 1. The van der Waals surface area contributed by atoms with Crippen LogP contribution in [0.5, 0.6) is 0 Å². The van der Waals surface area contributed by atoms with Crippen LogP contribution in [0, 0.1) is 0 Å². The minimum Gasteiger partial charge on any atom is -0.450 e. The van der Waals surface area contributed by atoms with Gasteiger partial charge in [0, 0.05) is 19.4 Å². The number of rotatable bonds is 5. The molecule has 1 aromatic rings. The van der Waals surface area contributed by atoms with Crippen LogP contribution in [0.2, 0.25) is 0 Å². The first-order chi connectivity index (χ1) is 15.0. The summed E-state index contributed by atoms with van der Waals surface area (Å²) >= 11 is 0. The van der Waals surface area contributed by atoms with Crippen molar-refractivity contribution in [2.24, 2.45) is 0 Å². The second-order valence-corrected chi connectivity index (χ2v) is 7.92. The van der Waals surface area contributed by atoms with Crippen molar-refractivity contribution < 1.29 is 38.4 Å². The van der Waals surface area contributed by atoms with Crippen LogP contribution in [-0.2, 0) is 30.3 Å². The zero-order valence-corrected chi connectivity index (χ0v) is 17.0. The van der Waals surface area contributed by atoms with Crippen molar-refractivity contribution in [2.75, 3.05) is 19.8 Å². The second-order valence-electron chi connectivity index (χ2n) is 7.92. The van der Waals surface area contributed by atoms with E-state index in [1.165, 1.54) is 0 Å². The van der Waals surface area contributed by atoms with E-state index in [-0.39, 0.29) is 18.9 Å². The van der Waals surface area contributed by atoms with Gasteiger partial charge in [-0.3, -0.25) is 4.79 Å². The predicted octanol–water partition coefficient (Wildman–Crippen LogP) is 1.87. The van der Waals surface area contributed by atoms with Gasteiger partial charge in [0.15, 0.2) is 5.79 Å². The second kappa shape index (κ2) is 9.11. The van der Waals surface area contributed by atoms with Gasteiger partial charge >= 0.3 is 12.2 Å². The third kappa shape index (κ3) is 4.91. The van der Waals surface area contributed by atoms with Crippen molar-refractivity contribution in [1.29, 1.82) is 0 Å². The molecule has 0 unspecified atom stereocenters. The Bertz CT molecular complexity index is 811. The Labute approximate surface area is 179 Å². The topological polar surface area (TPSA) is 124 Å². The highest BCUT2D eigenvalue weighted by Gasteiger charge is 2.51. The number of amides is 2. The number of ether oxygens (including phenoxy) is 4. The van der Waals surface area contributed by atoms with Gasteiger partial charge in [0.1, 0.15) is 18.8 Å². The van der Waals surface area contributed by atoms with E-state index in [0.717, 1.165) is 5.56 Å². The summed E-state index contributed by atoms with van der Waals surface area (Å²) in [4.78, 5) is 37.9. The number of carboxylic acid groups (broad SMARTS) is 1. The molecule has 2 N–H and O–H groups in total. The van der Waals surface area contributed by atoms with Gasteiger partial charge in [-0.1, -0.05) is 30.3 Å². The van der Waals surface area contributed by atoms with Crippen LogP contribution in [0.25, 0.3) is 0 Å². The molecule has 3 aliphatic rings. The Balaban J connectivity index is 1.34. The van der Waals surface area contributed by atoms with Crippen molar-refractivity contribution in [3.8, 4) is 0 Å². The Kier molecular flexibility index (Phi) is 6.28. The summed E-state index contributed by atoms with van der Waals surface area (Å²) in [5, 5.41) is 11.8. The van der Waals surface area contributed by atoms with E-state index in [0.29, 0.717) is 39.0 Å². The molecule has 1 saturated carbocycles. The van der Waals surface area contributed by atoms with Crippen molar-refractivity contribution in [3.63, 3.8) is 0 Å². The number of hydrogen-bond donors (Lipinski definition) is 2. The SMILES string of the molecule is O=C(O)O[C@@H]1CC2(CC[C@@H]1N1CC[C@H](NC(=O)OCc3ccccc3)C1=O)OCCO2. The molecule has 1 spiro atoms. The largest absolute Gasteiger partial charge is 0.506 e. The van der Waals surface area contributed by atoms with E-state index in [2.05, 4.69) is 5.32 Å². The summed E-state index contributed by atoms with van der Waals surface area (Å²) in [6.07, 6.45) is -1.18. The van der Waals surface area contributed by atoms with E-state index in [1.54, 1.807) is 4.90 Å². The fourth-order valence-corrected chi connectivity index (χ4v) is 4.54. The lowest BCUT2D eigenvalue weighted by Gasteiger charge is -2.43. The van der Waals surface area contributed by atoms with Crippen LogP contribution in [-0.4, -0.2) is 71.9 Å². The lowest BCUT2D eigenvalue weighted by molar-refractivity contribution is -0.208. The highest BCUT2D eigenvalue weighted by molar-refractivity contribution is 5.87. The van der Waals surface area contributed by atoms with Crippen LogP contribution in [0.3, 0.4) is 0 Å². The van der Waals surface area contributed by atoms with Gasteiger partial charge in [0.05, 0.1) is 19.3 Å². The molecule has 2 aliphatic heterocycles. The molecule has 10 heteroatoms. The predicted molar refractivity (Wildman–Crippen MR) is 105 cm³/mol. The fourth-order valence-electron chi connectivity index (χ4n) is 4.54. The monoisotopic (exact) mass is 434 g/mol. The summed E-state index contributed by atoms with van der Waals surface area (Å²) < 4.78 is 21.7. The number of carbonyl (C=O) groups is 3. The molecule has 2 saturated heterocycles. The first-order valence-electron chi connectivity index (χ1n) is 10.4. The van der Waals surface area contributed by atoms with Crippen LogP contribution >= 0.6 is 0 Å². The maximum absolute atomic E-state index is 12.9. The average molecular weight is 434 g/mol. The molecule has 2 heterocycles. The summed E-state index contributed by atoms with van der Waals surface area (Å²) in [7, 11) is 0. The third-order valence-electron chi connectivity index (χ3n) is 5.97. The van der Waals surface area contributed by atoms with Gasteiger partial charge in [-0.15, -0.1) is 0 Å². The highest BCUT2D eigenvalue weighted by Crippen LogP contribution is 2.39. The van der Waals surface area contributed by atoms with Crippen LogP contribution < -0.4 is 5.32 Å². The fraction of sp³-hybridized carbons (Fsp3) is 0.571. The number of carbonyl (C=O) groups excluding carboxylic acids is 2. The molecule has 0 radical (unpaired) electrons. The quantitative estimate of drug-likeness (QED) is 0.674. The van der Waals surface area contributed by atoms with E-state index in [1.807, 2.05) is 30.3 Å². The van der Waals surface area contributed by atoms with Crippen LogP contribution in [0.4, 0.5) is 9.59 Å². The summed E-state index contributed by atoms with van der Waals surface area (Å²) in [5.74, 6) is -1.12. The smallest absolute Gasteiger partial charge is 0.450 e. The third-order valence-corrected chi connectivity index (χ3v) is 5.97. The Morgan fingerprint density at radius 1 is 1.19 bits per heavy atom. The Morgan fingerprint density at radius 3 is 2.65 bits per heavy atom. The number of alkyl carbamates (subject to hydrolysis) is 1. The molecule has 1 aromatic carbocycles. The molecule has 3 fully saturated rings. The van der Waals surface area contributed by atoms with Gasteiger partial charge < -0.3 is 34.3 Å². The van der Waals surface area contributed by atoms with Crippen molar-refractivity contribution in [1.82, 2.24) is 10.2 Å². The summed E-state index contributed by atoms with van der Waals surface area (Å²) in [5.41, 5.74) is 0.846. The Morgan fingerprint density at radius 2 is 1.94 bits per heavy atom. The van der Waals surface area contributed by atoms with E-state index >= 15 is 0 Å². The average Bonchev–Trinajstić information content (AvgIpc) is 3.34. The lowest BCUT2D eigenvalue weighted by Crippen LogP contribution is -2.55. The first kappa shape index (κ1) is 21.4. The zero-order chi connectivity index (χ0) is 21.8. The molecule has 0 bridgehead atoms. The molecule has 4 rings (SSSR count). The number of benzene rings is 1. The van der Waals surface area contributed by atoms with Gasteiger partial charge in [-0.2, -0.15) is 0 Å². The zero-order valence-electron chi connectivity index (χ0n) is 17.0. The van der Waals surface area contributed by atoms with Crippen molar-refractivity contribution in [2.45, 2.75) is 56.3 Å². The number of nitrogens with one attached hydrogen (secondary N) is 1. The van der Waals surface area contributed by atoms with E-state index < -0.39 is 36.2 Å². The van der Waals surface area contributed by atoms with E-state index in [9.17, 15) is 14.4 Å². The Hall–Kier alpha value is -2.85. The van der Waals surface area contributed by atoms with Gasteiger partial charge in [-0.25, -0.2) is 9.59 Å². The minimum atomic E-state index is -1.41. The molecule has 10 nitrogen and oxygen atoms in total. The normalized spacial score (nSPS) is 27.3. The molecular formula is C21H26N2O8. The van der Waals surface area contributed by atoms with Gasteiger partial charge in [-0.05, 0) is 18.4 Å². The summed E-state index contributed by atoms with van der Waals surface area (Å²) in [6, 6.07) is 8.09. The van der Waals surface area contributed by atoms with Crippen molar-refractivity contribution in [3.05, 3.63) is 35.9 Å². The van der Waals surface area contributed by atoms with Gasteiger partial charge in [0.25, 0.3) is 0 Å². The minimum absolute atomic E-state index is 0.108. The van der Waals surface area contributed by atoms with E-state index in [4.69, 9.17) is 24.1 Å². The molecule has 2 amide bonds. The first-order valence-corrected chi connectivity index (χ1v) is 10.4. The molecule has 31 heavy (non-hydrogen) atoms. The van der Waals surface area contributed by atoms with Crippen LogP contribution in [0.15, 0.2) is 30.3 Å². The molecular weight excluding hydrogens is 408 g/mol. The maximum Gasteiger partial charge on any atom is 0.506 e. The van der Waals surface area contributed by atoms with Crippen LogP contribution in [0.1, 0.15) is 31.2 Å².